The first kappa shape index (κ1) is 20.2. The van der Waals surface area contributed by atoms with Gasteiger partial charge in [0.2, 0.25) is 5.91 Å². The molecule has 3 aliphatic rings. The van der Waals surface area contributed by atoms with Crippen molar-refractivity contribution in [2.24, 2.45) is 5.92 Å². The zero-order valence-corrected chi connectivity index (χ0v) is 18.3. The molecule has 3 heterocycles. The van der Waals surface area contributed by atoms with Crippen LogP contribution in [0.2, 0.25) is 0 Å². The standard InChI is InChI=1S/C24H27N3O3S/c28-21(26-12-8-18(9-13-26)15-17-5-2-1-3-6-17)16-27-22(29)24(25-23(27)30)11-4-7-20-19(24)10-14-31-20/h1-3,5-6,10,14,18H,4,7-9,11-13,15-16H2,(H,25,30)/t24-/m1/s1. The number of nitrogens with one attached hydrogen (secondary N) is 1. The number of fused-ring (bicyclic) bond motifs is 2. The number of nitrogens with zero attached hydrogens (tertiary/aromatic N) is 2. The Kier molecular flexibility index (Phi) is 5.30. The average molecular weight is 438 g/mol. The van der Waals surface area contributed by atoms with Crippen molar-refractivity contribution in [3.05, 3.63) is 57.8 Å². The van der Waals surface area contributed by atoms with E-state index in [0.29, 0.717) is 25.4 Å². The third-order valence-electron chi connectivity index (χ3n) is 6.96. The summed E-state index contributed by atoms with van der Waals surface area (Å²) in [7, 11) is 0. The number of aryl methyl sites for hydroxylation is 1. The molecule has 1 N–H and O–H groups in total. The van der Waals surface area contributed by atoms with E-state index in [1.165, 1.54) is 5.56 Å². The number of carbonyl (C=O) groups is 3. The molecule has 2 aromatic rings. The molecule has 31 heavy (non-hydrogen) atoms. The molecule has 4 amide bonds. The number of likely N-dealkylation sites (tertiary alicyclic amines) is 1. The van der Waals surface area contributed by atoms with Gasteiger partial charge in [-0.25, -0.2) is 4.79 Å². The first-order valence-electron chi connectivity index (χ1n) is 11.1. The number of carbonyl (C=O) groups excluding carboxylic acids is 3. The molecule has 0 unspecified atom stereocenters. The van der Waals surface area contributed by atoms with Crippen molar-refractivity contribution in [2.45, 2.75) is 44.1 Å². The van der Waals surface area contributed by atoms with Gasteiger partial charge in [-0.05, 0) is 61.5 Å². The molecule has 2 saturated heterocycles. The van der Waals surface area contributed by atoms with E-state index in [9.17, 15) is 14.4 Å². The van der Waals surface area contributed by atoms with Crippen molar-refractivity contribution >= 4 is 29.2 Å². The van der Waals surface area contributed by atoms with Crippen LogP contribution in [0, 0.1) is 5.92 Å². The molecule has 1 atom stereocenters. The summed E-state index contributed by atoms with van der Waals surface area (Å²) in [5.74, 6) is 0.148. The molecule has 0 saturated carbocycles. The second-order valence-electron chi connectivity index (χ2n) is 8.85. The fourth-order valence-corrected chi connectivity index (χ4v) is 6.25. The Hall–Kier alpha value is -2.67. The lowest BCUT2D eigenvalue weighted by atomic mass is 9.80. The van der Waals surface area contributed by atoms with Crippen LogP contribution in [0.25, 0.3) is 0 Å². The van der Waals surface area contributed by atoms with Crippen molar-refractivity contribution in [1.29, 1.82) is 0 Å². The Morgan fingerprint density at radius 2 is 1.90 bits per heavy atom. The van der Waals surface area contributed by atoms with Crippen molar-refractivity contribution in [3.63, 3.8) is 0 Å². The maximum atomic E-state index is 13.3. The summed E-state index contributed by atoms with van der Waals surface area (Å²) in [4.78, 5) is 43.0. The molecule has 1 aromatic carbocycles. The molecule has 2 aliphatic heterocycles. The van der Waals surface area contributed by atoms with Crippen LogP contribution < -0.4 is 5.32 Å². The van der Waals surface area contributed by atoms with Gasteiger partial charge in [0.1, 0.15) is 12.1 Å². The Morgan fingerprint density at radius 1 is 1.13 bits per heavy atom. The van der Waals surface area contributed by atoms with Gasteiger partial charge < -0.3 is 10.2 Å². The highest BCUT2D eigenvalue weighted by molar-refractivity contribution is 7.10. The van der Waals surface area contributed by atoms with Gasteiger partial charge in [0.15, 0.2) is 0 Å². The van der Waals surface area contributed by atoms with E-state index in [-0.39, 0.29) is 18.4 Å². The van der Waals surface area contributed by atoms with Crippen LogP contribution in [0.4, 0.5) is 4.79 Å². The molecule has 162 valence electrons. The summed E-state index contributed by atoms with van der Waals surface area (Å²) in [6.45, 7) is 1.19. The number of imide groups is 1. The number of thiophene rings is 1. The highest BCUT2D eigenvalue weighted by atomic mass is 32.1. The molecule has 1 spiro atoms. The van der Waals surface area contributed by atoms with E-state index < -0.39 is 11.6 Å². The second kappa shape index (κ2) is 8.11. The Balaban J connectivity index is 1.21. The van der Waals surface area contributed by atoms with Gasteiger partial charge in [0, 0.05) is 23.5 Å². The van der Waals surface area contributed by atoms with Crippen LogP contribution in [0.15, 0.2) is 41.8 Å². The van der Waals surface area contributed by atoms with E-state index in [1.54, 1.807) is 11.3 Å². The first-order valence-corrected chi connectivity index (χ1v) is 12.0. The third kappa shape index (κ3) is 3.65. The number of urea groups is 1. The second-order valence-corrected chi connectivity index (χ2v) is 9.85. The SMILES string of the molecule is O=C(CN1C(=O)N[C@@]2(CCCc3sccc32)C1=O)N1CCC(Cc2ccccc2)CC1. The maximum absolute atomic E-state index is 13.3. The van der Waals surface area contributed by atoms with Crippen molar-refractivity contribution < 1.29 is 14.4 Å². The zero-order valence-electron chi connectivity index (χ0n) is 17.5. The minimum absolute atomic E-state index is 0.139. The predicted octanol–water partition coefficient (Wildman–Crippen LogP) is 3.31. The number of hydrogen-bond donors (Lipinski definition) is 1. The zero-order chi connectivity index (χ0) is 21.4. The predicted molar refractivity (Wildman–Crippen MR) is 119 cm³/mol. The Morgan fingerprint density at radius 3 is 2.68 bits per heavy atom. The quantitative estimate of drug-likeness (QED) is 0.746. The summed E-state index contributed by atoms with van der Waals surface area (Å²) < 4.78 is 0. The van der Waals surface area contributed by atoms with E-state index in [2.05, 4.69) is 29.6 Å². The number of rotatable bonds is 4. The molecule has 1 aliphatic carbocycles. The van der Waals surface area contributed by atoms with Gasteiger partial charge >= 0.3 is 6.03 Å². The lowest BCUT2D eigenvalue weighted by Crippen LogP contribution is -2.48. The topological polar surface area (TPSA) is 69.7 Å². The number of benzene rings is 1. The van der Waals surface area contributed by atoms with E-state index in [0.717, 1.165) is 47.4 Å². The highest BCUT2D eigenvalue weighted by Gasteiger charge is 2.54. The van der Waals surface area contributed by atoms with Crippen LogP contribution in [0.5, 0.6) is 0 Å². The monoisotopic (exact) mass is 437 g/mol. The normalized spacial score (nSPS) is 23.9. The van der Waals surface area contributed by atoms with E-state index >= 15 is 0 Å². The molecule has 1 aromatic heterocycles. The molecular weight excluding hydrogens is 410 g/mol. The molecular formula is C24H27N3O3S. The molecule has 0 radical (unpaired) electrons. The van der Waals surface area contributed by atoms with Gasteiger partial charge in [-0.2, -0.15) is 0 Å². The third-order valence-corrected chi connectivity index (χ3v) is 7.95. The van der Waals surface area contributed by atoms with Crippen LogP contribution >= 0.6 is 11.3 Å². The minimum atomic E-state index is -0.979. The number of amides is 4. The van der Waals surface area contributed by atoms with Crippen LogP contribution in [-0.4, -0.2) is 47.3 Å². The summed E-state index contributed by atoms with van der Waals surface area (Å²) in [6.07, 6.45) is 5.31. The van der Waals surface area contributed by atoms with Crippen LogP contribution in [-0.2, 0) is 28.0 Å². The fourth-order valence-electron chi connectivity index (χ4n) is 5.25. The van der Waals surface area contributed by atoms with Crippen molar-refractivity contribution in [1.82, 2.24) is 15.1 Å². The van der Waals surface area contributed by atoms with Crippen molar-refractivity contribution in [3.8, 4) is 0 Å². The van der Waals surface area contributed by atoms with Crippen LogP contribution in [0.1, 0.15) is 41.7 Å². The van der Waals surface area contributed by atoms with Crippen LogP contribution in [0.3, 0.4) is 0 Å². The molecule has 7 heteroatoms. The lowest BCUT2D eigenvalue weighted by Gasteiger charge is -2.33. The molecule has 2 fully saturated rings. The minimum Gasteiger partial charge on any atom is -0.341 e. The largest absolute Gasteiger partial charge is 0.341 e. The van der Waals surface area contributed by atoms with E-state index in [4.69, 9.17) is 0 Å². The van der Waals surface area contributed by atoms with Gasteiger partial charge in [-0.3, -0.25) is 14.5 Å². The average Bonchev–Trinajstić information content (AvgIpc) is 3.36. The van der Waals surface area contributed by atoms with Gasteiger partial charge in [0.25, 0.3) is 5.91 Å². The first-order chi connectivity index (χ1) is 15.1. The number of hydrogen-bond acceptors (Lipinski definition) is 4. The smallest absolute Gasteiger partial charge is 0.325 e. The molecule has 6 nitrogen and oxygen atoms in total. The highest BCUT2D eigenvalue weighted by Crippen LogP contribution is 2.42. The Bertz CT molecular complexity index is 997. The summed E-state index contributed by atoms with van der Waals surface area (Å²) in [5, 5.41) is 4.90. The van der Waals surface area contributed by atoms with Crippen molar-refractivity contribution in [2.75, 3.05) is 19.6 Å². The van der Waals surface area contributed by atoms with Gasteiger partial charge in [-0.1, -0.05) is 30.3 Å². The maximum Gasteiger partial charge on any atom is 0.325 e. The number of piperidine rings is 1. The summed E-state index contributed by atoms with van der Waals surface area (Å²) in [6, 6.07) is 11.9. The summed E-state index contributed by atoms with van der Waals surface area (Å²) >= 11 is 1.63. The molecule has 5 rings (SSSR count). The molecule has 0 bridgehead atoms. The van der Waals surface area contributed by atoms with Gasteiger partial charge in [0.05, 0.1) is 0 Å². The van der Waals surface area contributed by atoms with E-state index in [1.807, 2.05) is 22.4 Å². The van der Waals surface area contributed by atoms with Gasteiger partial charge in [-0.15, -0.1) is 11.3 Å². The summed E-state index contributed by atoms with van der Waals surface area (Å²) in [5.41, 5.74) is 1.27. The Labute approximate surface area is 186 Å². The lowest BCUT2D eigenvalue weighted by molar-refractivity contribution is -0.140. The fraction of sp³-hybridized carbons (Fsp3) is 0.458.